The molecule has 98 valence electrons. The van der Waals surface area contributed by atoms with E-state index in [1.807, 2.05) is 61.5 Å². The van der Waals surface area contributed by atoms with Gasteiger partial charge in [-0.1, -0.05) is 48.0 Å². The molecule has 0 bridgehead atoms. The Hall–Kier alpha value is -1.78. The molecular formula is C15H16N2OS. The molecule has 0 aliphatic carbocycles. The van der Waals surface area contributed by atoms with Gasteiger partial charge in [0.25, 0.3) is 5.91 Å². The summed E-state index contributed by atoms with van der Waals surface area (Å²) < 4.78 is 0. The first-order valence-corrected chi connectivity index (χ1v) is 6.87. The molecule has 4 heteroatoms. The van der Waals surface area contributed by atoms with Crippen molar-refractivity contribution in [2.75, 3.05) is 0 Å². The highest BCUT2D eigenvalue weighted by Gasteiger charge is 2.20. The number of aryl methyl sites for hydroxylation is 1. The van der Waals surface area contributed by atoms with Crippen LogP contribution in [-0.2, 0) is 4.79 Å². The van der Waals surface area contributed by atoms with Crippen LogP contribution in [0.2, 0.25) is 0 Å². The van der Waals surface area contributed by atoms with Crippen molar-refractivity contribution in [1.29, 1.82) is 0 Å². The highest BCUT2D eigenvalue weighted by Crippen LogP contribution is 2.35. The second kappa shape index (κ2) is 6.41. The molecule has 1 amide bonds. The second-order valence-corrected chi connectivity index (χ2v) is 5.41. The van der Waals surface area contributed by atoms with Crippen molar-refractivity contribution in [3.8, 4) is 0 Å². The van der Waals surface area contributed by atoms with Crippen LogP contribution in [-0.4, -0.2) is 5.91 Å². The summed E-state index contributed by atoms with van der Waals surface area (Å²) in [6.45, 7) is 2.04. The molecule has 3 nitrogen and oxygen atoms in total. The van der Waals surface area contributed by atoms with Gasteiger partial charge in [-0.15, -0.1) is 11.8 Å². The maximum atomic E-state index is 11.9. The average Bonchev–Trinajstić information content (AvgIpc) is 2.47. The molecule has 0 saturated heterocycles. The van der Waals surface area contributed by atoms with E-state index in [0.717, 1.165) is 10.5 Å². The number of hydrogen-bond acceptors (Lipinski definition) is 3. The molecule has 0 aliphatic rings. The van der Waals surface area contributed by atoms with Gasteiger partial charge in [0.2, 0.25) is 0 Å². The predicted octanol–water partition coefficient (Wildman–Crippen LogP) is 2.82. The number of nitrogens with two attached hydrogens (primary N) is 1. The molecule has 0 saturated carbocycles. The van der Waals surface area contributed by atoms with E-state index in [-0.39, 0.29) is 11.2 Å². The third kappa shape index (κ3) is 3.59. The van der Waals surface area contributed by atoms with Crippen LogP contribution in [0, 0.1) is 6.92 Å². The Bertz CT molecular complexity index is 540. The van der Waals surface area contributed by atoms with E-state index >= 15 is 0 Å². The largest absolute Gasteiger partial charge is 0.293 e. The topological polar surface area (TPSA) is 55.1 Å². The number of carbonyl (C=O) groups is 1. The number of thioether (sulfide) groups is 1. The van der Waals surface area contributed by atoms with Gasteiger partial charge in [0.1, 0.15) is 5.25 Å². The SMILES string of the molecule is Cc1ccc(SC(C(=O)NN)c2ccccc2)cc1. The zero-order valence-electron chi connectivity index (χ0n) is 10.7. The maximum Gasteiger partial charge on any atom is 0.251 e. The van der Waals surface area contributed by atoms with Crippen LogP contribution >= 0.6 is 11.8 Å². The standard InChI is InChI=1S/C15H16N2OS/c1-11-7-9-13(10-8-11)19-14(15(18)17-16)12-5-3-2-4-6-12/h2-10,14H,16H2,1H3,(H,17,18). The van der Waals surface area contributed by atoms with Crippen LogP contribution in [0.3, 0.4) is 0 Å². The molecule has 2 aromatic carbocycles. The van der Waals surface area contributed by atoms with Crippen LogP contribution in [0.25, 0.3) is 0 Å². The fourth-order valence-electron chi connectivity index (χ4n) is 1.73. The molecule has 19 heavy (non-hydrogen) atoms. The van der Waals surface area contributed by atoms with Crippen molar-refractivity contribution in [3.63, 3.8) is 0 Å². The number of hydrogen-bond donors (Lipinski definition) is 2. The lowest BCUT2D eigenvalue weighted by Gasteiger charge is -2.15. The van der Waals surface area contributed by atoms with Crippen molar-refractivity contribution >= 4 is 17.7 Å². The predicted molar refractivity (Wildman–Crippen MR) is 78.5 cm³/mol. The van der Waals surface area contributed by atoms with Crippen molar-refractivity contribution < 1.29 is 4.79 Å². The zero-order valence-corrected chi connectivity index (χ0v) is 11.5. The molecule has 1 atom stereocenters. The number of rotatable bonds is 4. The summed E-state index contributed by atoms with van der Waals surface area (Å²) in [7, 11) is 0. The van der Waals surface area contributed by atoms with Crippen LogP contribution in [0.1, 0.15) is 16.4 Å². The Morgan fingerprint density at radius 1 is 1.11 bits per heavy atom. The van der Waals surface area contributed by atoms with Gasteiger partial charge in [-0.2, -0.15) is 0 Å². The van der Waals surface area contributed by atoms with Gasteiger partial charge in [0, 0.05) is 4.90 Å². The van der Waals surface area contributed by atoms with E-state index < -0.39 is 0 Å². The molecule has 0 radical (unpaired) electrons. The lowest BCUT2D eigenvalue weighted by molar-refractivity contribution is -0.120. The Balaban J connectivity index is 2.24. The molecule has 2 rings (SSSR count). The summed E-state index contributed by atoms with van der Waals surface area (Å²) in [5.41, 5.74) is 4.37. The maximum absolute atomic E-state index is 11.9. The number of hydrazine groups is 1. The van der Waals surface area contributed by atoms with E-state index in [9.17, 15) is 4.79 Å². The Kier molecular flexibility index (Phi) is 4.60. The van der Waals surface area contributed by atoms with Crippen LogP contribution in [0.4, 0.5) is 0 Å². The van der Waals surface area contributed by atoms with Crippen molar-refractivity contribution in [2.45, 2.75) is 17.1 Å². The van der Waals surface area contributed by atoms with E-state index in [4.69, 9.17) is 5.84 Å². The van der Waals surface area contributed by atoms with Crippen molar-refractivity contribution in [3.05, 3.63) is 65.7 Å². The third-order valence-electron chi connectivity index (χ3n) is 2.76. The minimum Gasteiger partial charge on any atom is -0.293 e. The molecule has 0 aromatic heterocycles. The van der Waals surface area contributed by atoms with Crippen LogP contribution in [0.15, 0.2) is 59.5 Å². The number of nitrogens with one attached hydrogen (secondary N) is 1. The van der Waals surface area contributed by atoms with E-state index in [1.54, 1.807) is 0 Å². The Morgan fingerprint density at radius 3 is 2.32 bits per heavy atom. The summed E-state index contributed by atoms with van der Waals surface area (Å²) in [6.07, 6.45) is 0. The van der Waals surface area contributed by atoms with E-state index in [1.165, 1.54) is 17.3 Å². The summed E-state index contributed by atoms with van der Waals surface area (Å²) in [5.74, 6) is 5.08. The second-order valence-electron chi connectivity index (χ2n) is 4.23. The van der Waals surface area contributed by atoms with Crippen LogP contribution in [0.5, 0.6) is 0 Å². The molecular weight excluding hydrogens is 256 g/mol. The fraction of sp³-hybridized carbons (Fsp3) is 0.133. The lowest BCUT2D eigenvalue weighted by Crippen LogP contribution is -2.33. The highest BCUT2D eigenvalue weighted by atomic mass is 32.2. The van der Waals surface area contributed by atoms with Crippen molar-refractivity contribution in [2.24, 2.45) is 5.84 Å². The van der Waals surface area contributed by atoms with Crippen LogP contribution < -0.4 is 11.3 Å². The molecule has 2 aromatic rings. The fourth-order valence-corrected chi connectivity index (χ4v) is 2.76. The van der Waals surface area contributed by atoms with Crippen molar-refractivity contribution in [1.82, 2.24) is 5.43 Å². The average molecular weight is 272 g/mol. The molecule has 1 unspecified atom stereocenters. The van der Waals surface area contributed by atoms with E-state index in [0.29, 0.717) is 0 Å². The first-order chi connectivity index (χ1) is 9.20. The smallest absolute Gasteiger partial charge is 0.251 e. The third-order valence-corrected chi connectivity index (χ3v) is 4.02. The monoisotopic (exact) mass is 272 g/mol. The summed E-state index contributed by atoms with van der Waals surface area (Å²) >= 11 is 1.49. The van der Waals surface area contributed by atoms with Gasteiger partial charge in [-0.05, 0) is 24.6 Å². The quantitative estimate of drug-likeness (QED) is 0.389. The molecule has 3 N–H and O–H groups in total. The molecule has 0 fully saturated rings. The first kappa shape index (κ1) is 13.6. The van der Waals surface area contributed by atoms with Gasteiger partial charge < -0.3 is 0 Å². The van der Waals surface area contributed by atoms with E-state index in [2.05, 4.69) is 5.43 Å². The minimum absolute atomic E-state index is 0.197. The zero-order chi connectivity index (χ0) is 13.7. The molecule has 0 aliphatic heterocycles. The van der Waals surface area contributed by atoms with Gasteiger partial charge in [-0.25, -0.2) is 5.84 Å². The Labute approximate surface area is 117 Å². The molecule has 0 spiro atoms. The number of carbonyl (C=O) groups excluding carboxylic acids is 1. The van der Waals surface area contributed by atoms with Gasteiger partial charge in [0.05, 0.1) is 0 Å². The number of amides is 1. The summed E-state index contributed by atoms with van der Waals surface area (Å²) in [6, 6.07) is 17.7. The Morgan fingerprint density at radius 2 is 1.74 bits per heavy atom. The van der Waals surface area contributed by atoms with Gasteiger partial charge in [0.15, 0.2) is 0 Å². The summed E-state index contributed by atoms with van der Waals surface area (Å²) in [5, 5.41) is -0.339. The number of benzene rings is 2. The molecule has 0 heterocycles. The van der Waals surface area contributed by atoms with Gasteiger partial charge in [-0.3, -0.25) is 10.2 Å². The normalized spacial score (nSPS) is 11.9. The lowest BCUT2D eigenvalue weighted by atomic mass is 10.1. The highest BCUT2D eigenvalue weighted by molar-refractivity contribution is 8.00. The summed E-state index contributed by atoms with van der Waals surface area (Å²) in [4.78, 5) is 13.0. The first-order valence-electron chi connectivity index (χ1n) is 5.99. The van der Waals surface area contributed by atoms with Gasteiger partial charge >= 0.3 is 0 Å². The minimum atomic E-state index is -0.339.